The minimum Gasteiger partial charge on any atom is -0.479 e. The molecular weight excluding hydrogens is 462 g/mol. The SMILES string of the molecule is Cc1ccc(CSCC(N)C(=O)N[C@H]2[C@@H](O)[C@H](n3cnc4c(N)ncnc43)O[C@@H]2C(=O)O)cc1. The Balaban J connectivity index is 1.42. The lowest BCUT2D eigenvalue weighted by Gasteiger charge is -2.22. The molecule has 0 spiro atoms. The van der Waals surface area contributed by atoms with Gasteiger partial charge in [0, 0.05) is 11.5 Å². The number of aromatic nitrogens is 4. The van der Waals surface area contributed by atoms with E-state index < -0.39 is 42.4 Å². The number of carbonyl (C=O) groups excluding carboxylic acids is 1. The summed E-state index contributed by atoms with van der Waals surface area (Å²) in [4.78, 5) is 36.5. The number of aliphatic hydroxyl groups is 1. The van der Waals surface area contributed by atoms with E-state index in [2.05, 4.69) is 20.3 Å². The van der Waals surface area contributed by atoms with E-state index in [1.54, 1.807) is 0 Å². The fourth-order valence-electron chi connectivity index (χ4n) is 3.67. The van der Waals surface area contributed by atoms with Crippen LogP contribution in [0.2, 0.25) is 0 Å². The molecule has 0 saturated carbocycles. The first-order valence-electron chi connectivity index (χ1n) is 10.4. The van der Waals surface area contributed by atoms with Crippen molar-refractivity contribution in [3.63, 3.8) is 0 Å². The summed E-state index contributed by atoms with van der Waals surface area (Å²) in [6.07, 6.45) is -1.55. The van der Waals surface area contributed by atoms with Crippen molar-refractivity contribution >= 4 is 40.6 Å². The minimum atomic E-state index is -1.51. The van der Waals surface area contributed by atoms with Crippen LogP contribution in [0.5, 0.6) is 0 Å². The molecule has 1 aromatic carbocycles. The van der Waals surface area contributed by atoms with Gasteiger partial charge in [0.2, 0.25) is 5.91 Å². The Morgan fingerprint density at radius 1 is 1.26 bits per heavy atom. The lowest BCUT2D eigenvalue weighted by molar-refractivity contribution is -0.152. The maximum Gasteiger partial charge on any atom is 0.335 e. The molecule has 0 bridgehead atoms. The van der Waals surface area contributed by atoms with Crippen LogP contribution in [-0.2, 0) is 20.1 Å². The van der Waals surface area contributed by atoms with E-state index in [4.69, 9.17) is 16.2 Å². The van der Waals surface area contributed by atoms with Gasteiger partial charge in [0.25, 0.3) is 0 Å². The molecule has 7 N–H and O–H groups in total. The standard InChI is InChI=1S/C21H25N7O5S/c1-10-2-4-11(5-3-10)6-34-7-12(22)19(30)27-13-15(29)20(33-16(13)21(31)32)28-9-26-14-17(23)24-8-25-18(14)28/h2-5,8-9,12-13,15-16,20,29H,6-7,22H2,1H3,(H,27,30)(H,31,32)(H2,23,24,25)/t12?,13-,15+,16-,20+/m0/s1. The number of carboxylic acids is 1. The fourth-order valence-corrected chi connectivity index (χ4v) is 4.62. The Labute approximate surface area is 198 Å². The molecule has 1 aliphatic rings. The number of hydrogen-bond acceptors (Lipinski definition) is 10. The first-order chi connectivity index (χ1) is 16.3. The Bertz CT molecular complexity index is 1190. The van der Waals surface area contributed by atoms with E-state index in [0.717, 1.165) is 11.1 Å². The third kappa shape index (κ3) is 4.82. The summed E-state index contributed by atoms with van der Waals surface area (Å²) >= 11 is 1.48. The van der Waals surface area contributed by atoms with Gasteiger partial charge >= 0.3 is 5.97 Å². The van der Waals surface area contributed by atoms with Crippen molar-refractivity contribution in [2.75, 3.05) is 11.5 Å². The summed E-state index contributed by atoms with van der Waals surface area (Å²) < 4.78 is 6.94. The van der Waals surface area contributed by atoms with Gasteiger partial charge in [0.15, 0.2) is 23.8 Å². The number of ether oxygens (including phenoxy) is 1. The van der Waals surface area contributed by atoms with Crippen molar-refractivity contribution in [3.8, 4) is 0 Å². The number of nitrogens with two attached hydrogens (primary N) is 2. The highest BCUT2D eigenvalue weighted by Crippen LogP contribution is 2.32. The maximum absolute atomic E-state index is 12.7. The van der Waals surface area contributed by atoms with Crippen LogP contribution in [0.25, 0.3) is 11.2 Å². The number of aliphatic hydroxyl groups excluding tert-OH is 1. The number of nitrogens with zero attached hydrogens (tertiary/aromatic N) is 4. The number of nitrogen functional groups attached to an aromatic ring is 1. The molecule has 0 radical (unpaired) electrons. The summed E-state index contributed by atoms with van der Waals surface area (Å²) in [6.45, 7) is 2.01. The summed E-state index contributed by atoms with van der Waals surface area (Å²) in [7, 11) is 0. The molecule has 180 valence electrons. The normalized spacial score (nSPS) is 23.1. The average Bonchev–Trinajstić information content (AvgIpc) is 3.37. The van der Waals surface area contributed by atoms with Crippen LogP contribution in [0.4, 0.5) is 5.82 Å². The zero-order valence-corrected chi connectivity index (χ0v) is 19.1. The second-order valence-corrected chi connectivity index (χ2v) is 9.03. The van der Waals surface area contributed by atoms with Gasteiger partial charge in [-0.3, -0.25) is 9.36 Å². The third-order valence-electron chi connectivity index (χ3n) is 5.51. The molecule has 4 rings (SSSR count). The van der Waals surface area contributed by atoms with Crippen molar-refractivity contribution in [1.29, 1.82) is 0 Å². The molecule has 13 heteroatoms. The van der Waals surface area contributed by atoms with Gasteiger partial charge in [-0.25, -0.2) is 19.7 Å². The number of carboxylic acid groups (broad SMARTS) is 1. The summed E-state index contributed by atoms with van der Waals surface area (Å²) in [5, 5.41) is 23.0. The molecule has 1 aliphatic heterocycles. The lowest BCUT2D eigenvalue weighted by Crippen LogP contribution is -2.54. The molecule has 2 aromatic heterocycles. The lowest BCUT2D eigenvalue weighted by atomic mass is 10.1. The summed E-state index contributed by atoms with van der Waals surface area (Å²) in [5.74, 6) is -0.808. The summed E-state index contributed by atoms with van der Waals surface area (Å²) in [6, 6.07) is 5.90. The molecule has 0 aliphatic carbocycles. The zero-order valence-electron chi connectivity index (χ0n) is 18.2. The molecule has 1 unspecified atom stereocenters. The maximum atomic E-state index is 12.7. The Morgan fingerprint density at radius 3 is 2.71 bits per heavy atom. The highest BCUT2D eigenvalue weighted by atomic mass is 32.2. The van der Waals surface area contributed by atoms with Gasteiger partial charge in [0.1, 0.15) is 17.9 Å². The second kappa shape index (κ2) is 9.93. The number of anilines is 1. The number of nitrogens with one attached hydrogen (secondary N) is 1. The smallest absolute Gasteiger partial charge is 0.335 e. The van der Waals surface area contributed by atoms with Crippen LogP contribution in [0.15, 0.2) is 36.9 Å². The first kappa shape index (κ1) is 23.9. The van der Waals surface area contributed by atoms with Gasteiger partial charge in [-0.2, -0.15) is 11.8 Å². The molecule has 3 aromatic rings. The fraction of sp³-hybridized carbons (Fsp3) is 0.381. The van der Waals surface area contributed by atoms with E-state index in [1.165, 1.54) is 29.0 Å². The van der Waals surface area contributed by atoms with Crippen molar-refractivity contribution in [3.05, 3.63) is 48.0 Å². The van der Waals surface area contributed by atoms with Crippen LogP contribution in [0.1, 0.15) is 17.4 Å². The van der Waals surface area contributed by atoms with E-state index in [1.807, 2.05) is 31.2 Å². The van der Waals surface area contributed by atoms with Crippen LogP contribution in [-0.4, -0.2) is 71.7 Å². The van der Waals surface area contributed by atoms with Crippen molar-refractivity contribution < 1.29 is 24.5 Å². The third-order valence-corrected chi connectivity index (χ3v) is 6.64. The van der Waals surface area contributed by atoms with Crippen molar-refractivity contribution in [2.24, 2.45) is 5.73 Å². The molecule has 1 amide bonds. The number of imidazole rings is 1. The molecular formula is C21H25N7O5S. The molecule has 1 fully saturated rings. The number of thioether (sulfide) groups is 1. The van der Waals surface area contributed by atoms with Crippen LogP contribution in [0, 0.1) is 6.92 Å². The minimum absolute atomic E-state index is 0.130. The number of aryl methyl sites for hydroxylation is 1. The van der Waals surface area contributed by atoms with Crippen molar-refractivity contribution in [1.82, 2.24) is 24.8 Å². The number of amides is 1. The predicted octanol–water partition coefficient (Wildman–Crippen LogP) is -0.195. The molecule has 5 atom stereocenters. The van der Waals surface area contributed by atoms with E-state index in [0.29, 0.717) is 11.5 Å². The highest BCUT2D eigenvalue weighted by molar-refractivity contribution is 7.98. The second-order valence-electron chi connectivity index (χ2n) is 8.00. The summed E-state index contributed by atoms with van der Waals surface area (Å²) in [5.41, 5.74) is 14.6. The van der Waals surface area contributed by atoms with Crippen molar-refractivity contribution in [2.45, 2.75) is 43.2 Å². The number of hydrogen-bond donors (Lipinski definition) is 5. The topological polar surface area (TPSA) is 191 Å². The van der Waals surface area contributed by atoms with Gasteiger partial charge in [0.05, 0.1) is 18.4 Å². The Kier molecular flexibility index (Phi) is 6.97. The highest BCUT2D eigenvalue weighted by Gasteiger charge is 2.49. The van der Waals surface area contributed by atoms with E-state index in [9.17, 15) is 19.8 Å². The number of benzene rings is 1. The van der Waals surface area contributed by atoms with Crippen LogP contribution >= 0.6 is 11.8 Å². The number of rotatable bonds is 8. The van der Waals surface area contributed by atoms with Gasteiger partial charge in [-0.1, -0.05) is 29.8 Å². The van der Waals surface area contributed by atoms with Crippen LogP contribution < -0.4 is 16.8 Å². The van der Waals surface area contributed by atoms with E-state index in [-0.39, 0.29) is 17.0 Å². The first-order valence-corrected chi connectivity index (χ1v) is 11.6. The Morgan fingerprint density at radius 2 is 2.00 bits per heavy atom. The Hall–Kier alpha value is -3.26. The number of aliphatic carboxylic acids is 1. The number of fused-ring (bicyclic) bond motifs is 1. The van der Waals surface area contributed by atoms with Gasteiger partial charge in [-0.15, -0.1) is 0 Å². The number of carbonyl (C=O) groups is 2. The van der Waals surface area contributed by atoms with Crippen LogP contribution in [0.3, 0.4) is 0 Å². The largest absolute Gasteiger partial charge is 0.479 e. The van der Waals surface area contributed by atoms with E-state index >= 15 is 0 Å². The zero-order chi connectivity index (χ0) is 24.4. The molecule has 34 heavy (non-hydrogen) atoms. The average molecular weight is 488 g/mol. The monoisotopic (exact) mass is 487 g/mol. The van der Waals surface area contributed by atoms with Gasteiger partial charge < -0.3 is 31.7 Å². The van der Waals surface area contributed by atoms with Gasteiger partial charge in [-0.05, 0) is 12.5 Å². The molecule has 1 saturated heterocycles. The quantitative estimate of drug-likeness (QED) is 0.283. The predicted molar refractivity (Wildman–Crippen MR) is 125 cm³/mol. The molecule has 12 nitrogen and oxygen atoms in total. The molecule has 3 heterocycles.